The van der Waals surface area contributed by atoms with Crippen molar-refractivity contribution in [2.45, 2.75) is 13.0 Å². The van der Waals surface area contributed by atoms with Crippen LogP contribution in [0.15, 0.2) is 32.8 Å². The number of carbonyl (C=O) groups excluding carboxylic acids is 2. The second kappa shape index (κ2) is 4.87. The highest BCUT2D eigenvalue weighted by Gasteiger charge is 2.37. The number of rotatable bonds is 2. The molecule has 0 atom stereocenters. The van der Waals surface area contributed by atoms with Crippen molar-refractivity contribution in [1.29, 1.82) is 0 Å². The van der Waals surface area contributed by atoms with E-state index in [1.165, 1.54) is 0 Å². The maximum atomic E-state index is 11.5. The van der Waals surface area contributed by atoms with Gasteiger partial charge in [0.1, 0.15) is 5.52 Å². The van der Waals surface area contributed by atoms with Crippen LogP contribution in [0.5, 0.6) is 0 Å². The van der Waals surface area contributed by atoms with E-state index in [1.807, 2.05) is 13.0 Å². The van der Waals surface area contributed by atoms with E-state index < -0.39 is 28.1 Å². The lowest BCUT2D eigenvalue weighted by Crippen LogP contribution is -2.57. The third kappa shape index (κ3) is 2.53. The number of azo groups is 1. The summed E-state index contributed by atoms with van der Waals surface area (Å²) >= 11 is 0. The van der Waals surface area contributed by atoms with Crippen LogP contribution in [0.4, 0.5) is 6.01 Å². The molecule has 2 N–H and O–H groups in total. The van der Waals surface area contributed by atoms with Gasteiger partial charge in [0, 0.05) is 0 Å². The van der Waals surface area contributed by atoms with Crippen molar-refractivity contribution in [2.75, 3.05) is 0 Å². The summed E-state index contributed by atoms with van der Waals surface area (Å²) in [7, 11) is -4.16. The Hall–Kier alpha value is -2.82. The minimum absolute atomic E-state index is 0.140. The molecule has 0 spiro atoms. The van der Waals surface area contributed by atoms with Gasteiger partial charge in [-0.25, -0.2) is 9.44 Å². The number of aryl methyl sites for hydroxylation is 1. The predicted molar refractivity (Wildman–Crippen MR) is 72.3 cm³/mol. The van der Waals surface area contributed by atoms with Gasteiger partial charge in [0.05, 0.1) is 0 Å². The monoisotopic (exact) mass is 323 g/mol. The van der Waals surface area contributed by atoms with Crippen LogP contribution in [0.2, 0.25) is 0 Å². The van der Waals surface area contributed by atoms with Crippen molar-refractivity contribution in [2.24, 2.45) is 10.2 Å². The van der Waals surface area contributed by atoms with Crippen molar-refractivity contribution in [3.05, 3.63) is 23.8 Å². The normalized spacial score (nSPS) is 18.6. The van der Waals surface area contributed by atoms with Gasteiger partial charge in [0.25, 0.3) is 11.8 Å². The second-order valence-electron chi connectivity index (χ2n) is 4.47. The molecule has 0 aliphatic carbocycles. The lowest BCUT2D eigenvalue weighted by atomic mass is 10.2. The predicted octanol–water partition coefficient (Wildman–Crippen LogP) is 0.0793. The number of aromatic nitrogens is 1. The molecule has 3 rings (SSSR count). The Morgan fingerprint density at radius 1 is 1.23 bits per heavy atom. The number of fused-ring (bicyclic) bond motifs is 1. The minimum atomic E-state index is -4.16. The smallest absolute Gasteiger partial charge is 0.341 e. The molecule has 1 aromatic carbocycles. The summed E-state index contributed by atoms with van der Waals surface area (Å²) < 4.78 is 30.7. The van der Waals surface area contributed by atoms with Gasteiger partial charge in [-0.1, -0.05) is 17.2 Å². The number of hydrogen-bond acceptors (Lipinski definition) is 8. The van der Waals surface area contributed by atoms with Gasteiger partial charge < -0.3 is 4.42 Å². The third-order valence-corrected chi connectivity index (χ3v) is 3.77. The van der Waals surface area contributed by atoms with Crippen molar-refractivity contribution in [1.82, 2.24) is 14.4 Å². The number of hydrogen-bond donors (Lipinski definition) is 2. The van der Waals surface area contributed by atoms with E-state index in [4.69, 9.17) is 4.42 Å². The van der Waals surface area contributed by atoms with E-state index >= 15 is 0 Å². The van der Waals surface area contributed by atoms with E-state index in [2.05, 4.69) is 15.2 Å². The van der Waals surface area contributed by atoms with Crippen molar-refractivity contribution < 1.29 is 22.4 Å². The van der Waals surface area contributed by atoms with E-state index in [9.17, 15) is 18.0 Å². The molecule has 0 unspecified atom stereocenters. The zero-order valence-electron chi connectivity index (χ0n) is 11.1. The molecule has 10 nitrogen and oxygen atoms in total. The van der Waals surface area contributed by atoms with E-state index in [1.54, 1.807) is 21.6 Å². The molecule has 114 valence electrons. The number of nitrogens with zero attached hydrogens (tertiary/aromatic N) is 3. The summed E-state index contributed by atoms with van der Waals surface area (Å²) in [6, 6.07) is 3.55. The Bertz CT molecular complexity index is 892. The first kappa shape index (κ1) is 14.1. The lowest BCUT2D eigenvalue weighted by molar-refractivity contribution is -0.130. The molecule has 1 aliphatic rings. The molecule has 1 saturated heterocycles. The molecule has 0 bridgehead atoms. The van der Waals surface area contributed by atoms with Crippen molar-refractivity contribution in [3.63, 3.8) is 0 Å². The lowest BCUT2D eigenvalue weighted by Gasteiger charge is -2.17. The zero-order valence-corrected chi connectivity index (χ0v) is 11.9. The fourth-order valence-corrected chi connectivity index (χ4v) is 2.65. The fraction of sp³-hybridized carbons (Fsp3) is 0.182. The summed E-state index contributed by atoms with van der Waals surface area (Å²) in [6.07, 6.45) is 0. The zero-order chi connectivity index (χ0) is 15.9. The van der Waals surface area contributed by atoms with Crippen LogP contribution in [-0.4, -0.2) is 31.3 Å². The Morgan fingerprint density at radius 2 is 1.91 bits per heavy atom. The highest BCUT2D eigenvalue weighted by molar-refractivity contribution is 7.88. The maximum Gasteiger partial charge on any atom is 0.341 e. The molecule has 22 heavy (non-hydrogen) atoms. The molecule has 1 fully saturated rings. The van der Waals surface area contributed by atoms with Crippen molar-refractivity contribution in [3.8, 4) is 0 Å². The number of nitrogens with one attached hydrogen (secondary N) is 2. The first-order valence-electron chi connectivity index (χ1n) is 6.01. The van der Waals surface area contributed by atoms with Gasteiger partial charge in [-0.2, -0.15) is 18.5 Å². The van der Waals surface area contributed by atoms with E-state index in [0.29, 0.717) is 11.1 Å². The van der Waals surface area contributed by atoms with Crippen LogP contribution in [0.25, 0.3) is 11.1 Å². The molecule has 1 aromatic heterocycles. The molecule has 0 saturated carbocycles. The highest BCUT2D eigenvalue weighted by Crippen LogP contribution is 2.24. The molecule has 2 amide bonds. The highest BCUT2D eigenvalue weighted by atomic mass is 32.2. The molecule has 2 heterocycles. The second-order valence-corrected chi connectivity index (χ2v) is 5.89. The maximum absolute atomic E-state index is 11.5. The third-order valence-electron chi connectivity index (χ3n) is 2.83. The standard InChI is InChI=1S/C11H9N5O5S/c1-5-3-2-4-6-8(5)21-11(12-6)14-13-7-9(17)15-22(19,20)16-10(7)18/h2-4,7H,1H3,(H,15,17)(H,16,18). The molecule has 0 radical (unpaired) electrons. The molecular formula is C11H9N5O5S. The molecule has 11 heteroatoms. The Labute approximate surface area is 123 Å². The minimum Gasteiger partial charge on any atom is -0.421 e. The van der Waals surface area contributed by atoms with E-state index in [-0.39, 0.29) is 6.01 Å². The Kier molecular flexibility index (Phi) is 3.13. The summed E-state index contributed by atoms with van der Waals surface area (Å²) in [5, 5.41) is 7.07. The average molecular weight is 323 g/mol. The molecule has 1 aliphatic heterocycles. The summed E-state index contributed by atoms with van der Waals surface area (Å²) in [5.74, 6) is -2.19. The number of amides is 2. The van der Waals surface area contributed by atoms with Gasteiger partial charge in [-0.15, -0.1) is 0 Å². The number of oxazole rings is 1. The summed E-state index contributed by atoms with van der Waals surface area (Å²) in [4.78, 5) is 27.1. The molecule has 2 aromatic rings. The van der Waals surface area contributed by atoms with Crippen LogP contribution >= 0.6 is 0 Å². The first-order chi connectivity index (χ1) is 10.4. The van der Waals surface area contributed by atoms with E-state index in [0.717, 1.165) is 5.56 Å². The van der Waals surface area contributed by atoms with Gasteiger partial charge >= 0.3 is 16.2 Å². The van der Waals surface area contributed by atoms with Gasteiger partial charge in [-0.3, -0.25) is 9.59 Å². The quantitative estimate of drug-likeness (QED) is 0.591. The summed E-state index contributed by atoms with van der Waals surface area (Å²) in [5.41, 5.74) is 1.90. The largest absolute Gasteiger partial charge is 0.421 e. The average Bonchev–Trinajstić information content (AvgIpc) is 2.80. The van der Waals surface area contributed by atoms with Crippen LogP contribution < -0.4 is 9.44 Å². The van der Waals surface area contributed by atoms with Crippen LogP contribution in [-0.2, 0) is 19.8 Å². The number of carbonyl (C=O) groups is 2. The summed E-state index contributed by atoms with van der Waals surface area (Å²) in [6.45, 7) is 1.82. The van der Waals surface area contributed by atoms with Crippen LogP contribution in [0, 0.1) is 6.92 Å². The van der Waals surface area contributed by atoms with Crippen molar-refractivity contribution >= 4 is 39.1 Å². The Balaban J connectivity index is 1.88. The number of para-hydroxylation sites is 1. The van der Waals surface area contributed by atoms with Gasteiger partial charge in [-0.05, 0) is 18.6 Å². The first-order valence-corrected chi connectivity index (χ1v) is 7.49. The topological polar surface area (TPSA) is 143 Å². The molecular weight excluding hydrogens is 314 g/mol. The number of benzene rings is 1. The van der Waals surface area contributed by atoms with Crippen LogP contribution in [0.3, 0.4) is 0 Å². The van der Waals surface area contributed by atoms with Gasteiger partial charge in [0.2, 0.25) is 6.04 Å². The van der Waals surface area contributed by atoms with Crippen LogP contribution in [0.1, 0.15) is 5.56 Å². The fourth-order valence-electron chi connectivity index (χ4n) is 1.85. The van der Waals surface area contributed by atoms with Gasteiger partial charge in [0.15, 0.2) is 5.58 Å². The SMILES string of the molecule is Cc1cccc2nc(N=NC3C(=O)NS(=O)(=O)NC3=O)oc12. The Morgan fingerprint density at radius 3 is 2.55 bits per heavy atom.